The van der Waals surface area contributed by atoms with E-state index in [-0.39, 0.29) is 11.9 Å². The van der Waals surface area contributed by atoms with Gasteiger partial charge in [-0.1, -0.05) is 0 Å². The smallest absolute Gasteiger partial charge is 0.225 e. The van der Waals surface area contributed by atoms with Gasteiger partial charge in [0.2, 0.25) is 5.91 Å². The van der Waals surface area contributed by atoms with Crippen LogP contribution in [0.2, 0.25) is 0 Å². The van der Waals surface area contributed by atoms with Gasteiger partial charge < -0.3 is 9.80 Å². The molecule has 0 N–H and O–H groups in total. The second kappa shape index (κ2) is 7.76. The molecular weight excluding hydrogens is 340 g/mol. The Morgan fingerprint density at radius 3 is 3.00 bits per heavy atom. The highest BCUT2D eigenvalue weighted by Crippen LogP contribution is 2.30. The molecule has 27 heavy (non-hydrogen) atoms. The van der Waals surface area contributed by atoms with Gasteiger partial charge in [0.15, 0.2) is 5.82 Å². The number of hydrogen-bond acceptors (Lipinski definition) is 5. The summed E-state index contributed by atoms with van der Waals surface area (Å²) in [4.78, 5) is 26.8. The summed E-state index contributed by atoms with van der Waals surface area (Å²) in [6.45, 7) is 5.37. The van der Waals surface area contributed by atoms with E-state index in [1.165, 1.54) is 5.56 Å². The molecule has 0 aromatic carbocycles. The highest BCUT2D eigenvalue weighted by atomic mass is 16.2. The van der Waals surface area contributed by atoms with Crippen LogP contribution in [0.4, 0.5) is 0 Å². The first-order valence-corrected chi connectivity index (χ1v) is 9.93. The van der Waals surface area contributed by atoms with Gasteiger partial charge in [0, 0.05) is 68.4 Å². The first-order chi connectivity index (χ1) is 13.1. The minimum Gasteiger partial charge on any atom is -0.332 e. The van der Waals surface area contributed by atoms with Crippen LogP contribution in [0.3, 0.4) is 0 Å². The average molecular weight is 368 g/mol. The number of piperidine rings is 1. The molecule has 4 heterocycles. The summed E-state index contributed by atoms with van der Waals surface area (Å²) in [5.41, 5.74) is 3.46. The van der Waals surface area contributed by atoms with E-state index in [0.29, 0.717) is 13.0 Å². The number of rotatable bonds is 4. The van der Waals surface area contributed by atoms with Crippen LogP contribution in [0.1, 0.15) is 54.5 Å². The van der Waals surface area contributed by atoms with Crippen LogP contribution in [0.25, 0.3) is 0 Å². The number of carbonyl (C=O) groups excluding carboxylic acids is 1. The lowest BCUT2D eigenvalue weighted by molar-refractivity contribution is -0.135. The van der Waals surface area contributed by atoms with Crippen molar-refractivity contribution in [1.82, 2.24) is 29.5 Å². The zero-order chi connectivity index (χ0) is 18.8. The highest BCUT2D eigenvalue weighted by molar-refractivity contribution is 5.76. The van der Waals surface area contributed by atoms with Gasteiger partial charge in [-0.3, -0.25) is 9.48 Å². The molecule has 2 aliphatic heterocycles. The average Bonchev–Trinajstić information content (AvgIpc) is 3.10. The fourth-order valence-electron chi connectivity index (χ4n) is 4.11. The van der Waals surface area contributed by atoms with Gasteiger partial charge in [0.05, 0.1) is 6.04 Å². The molecule has 0 unspecified atom stereocenters. The maximum Gasteiger partial charge on any atom is 0.225 e. The fourth-order valence-corrected chi connectivity index (χ4v) is 4.11. The Hall–Kier alpha value is -2.28. The third-order valence-electron chi connectivity index (χ3n) is 5.73. The minimum absolute atomic E-state index is 0.00919. The highest BCUT2D eigenvalue weighted by Gasteiger charge is 2.30. The summed E-state index contributed by atoms with van der Waals surface area (Å²) in [5.74, 6) is 0.997. The quantitative estimate of drug-likeness (QED) is 0.827. The molecule has 2 aromatic heterocycles. The Balaban J connectivity index is 1.49. The van der Waals surface area contributed by atoms with Gasteiger partial charge in [-0.15, -0.1) is 0 Å². The van der Waals surface area contributed by atoms with Crippen LogP contribution in [0.5, 0.6) is 0 Å². The first-order valence-electron chi connectivity index (χ1n) is 9.93. The van der Waals surface area contributed by atoms with Gasteiger partial charge in [-0.2, -0.15) is 5.10 Å². The maximum atomic E-state index is 12.9. The summed E-state index contributed by atoms with van der Waals surface area (Å²) < 4.78 is 1.89. The van der Waals surface area contributed by atoms with Gasteiger partial charge in [0.25, 0.3) is 0 Å². The number of hydrogen-bond donors (Lipinski definition) is 0. The molecule has 1 saturated heterocycles. The van der Waals surface area contributed by atoms with E-state index in [9.17, 15) is 4.79 Å². The molecule has 7 heteroatoms. The lowest BCUT2D eigenvalue weighted by Crippen LogP contribution is -2.40. The van der Waals surface area contributed by atoms with Crippen molar-refractivity contribution < 1.29 is 4.79 Å². The molecule has 4 rings (SSSR count). The van der Waals surface area contributed by atoms with Gasteiger partial charge >= 0.3 is 0 Å². The van der Waals surface area contributed by atoms with E-state index in [2.05, 4.69) is 22.0 Å². The lowest BCUT2D eigenvalue weighted by Gasteiger charge is -2.35. The second-order valence-electron chi connectivity index (χ2n) is 7.73. The van der Waals surface area contributed by atoms with E-state index in [0.717, 1.165) is 62.5 Å². The number of likely N-dealkylation sites (tertiary alicyclic amines) is 1. The van der Waals surface area contributed by atoms with Crippen molar-refractivity contribution >= 4 is 5.91 Å². The number of amides is 1. The predicted molar refractivity (Wildman–Crippen MR) is 102 cm³/mol. The number of aryl methyl sites for hydroxylation is 2. The predicted octanol–water partition coefficient (Wildman–Crippen LogP) is 2.11. The molecule has 0 bridgehead atoms. The van der Waals surface area contributed by atoms with Gasteiger partial charge in [0.1, 0.15) is 0 Å². The molecule has 1 fully saturated rings. The SMILES string of the molecule is Cc1ccnn1CCC(=O)N1CCCC[C@@H]1c1ncc2c(n1)CCN(C)C2. The van der Waals surface area contributed by atoms with Gasteiger partial charge in [-0.25, -0.2) is 9.97 Å². The van der Waals surface area contributed by atoms with Crippen molar-refractivity contribution in [1.29, 1.82) is 0 Å². The summed E-state index contributed by atoms with van der Waals surface area (Å²) in [7, 11) is 2.12. The lowest BCUT2D eigenvalue weighted by atomic mass is 10.00. The standard InChI is InChI=1S/C20H28N6O/c1-15-6-9-22-26(15)12-8-19(27)25-10-4-3-5-18(25)20-21-13-16-14-24(2)11-7-17(16)23-20/h6,9,13,18H,3-5,7-8,10-12,14H2,1-2H3/t18-/m1/s1. The molecule has 0 spiro atoms. The molecule has 2 aromatic rings. The van der Waals surface area contributed by atoms with Crippen molar-refractivity contribution in [2.45, 2.75) is 58.2 Å². The van der Waals surface area contributed by atoms with Crippen LogP contribution in [0.15, 0.2) is 18.5 Å². The largest absolute Gasteiger partial charge is 0.332 e. The third kappa shape index (κ3) is 3.88. The molecule has 0 radical (unpaired) electrons. The summed E-state index contributed by atoms with van der Waals surface area (Å²) in [6.07, 6.45) is 8.30. The summed E-state index contributed by atoms with van der Waals surface area (Å²) in [5, 5.41) is 4.28. The third-order valence-corrected chi connectivity index (χ3v) is 5.73. The maximum absolute atomic E-state index is 12.9. The van der Waals surface area contributed by atoms with E-state index in [1.807, 2.05) is 28.8 Å². The Kier molecular flexibility index (Phi) is 5.20. The van der Waals surface area contributed by atoms with Crippen molar-refractivity contribution in [3.05, 3.63) is 41.2 Å². The number of aromatic nitrogens is 4. The molecular formula is C20H28N6O. The number of nitrogens with zero attached hydrogens (tertiary/aromatic N) is 6. The van der Waals surface area contributed by atoms with Crippen LogP contribution in [-0.4, -0.2) is 55.6 Å². The fraction of sp³-hybridized carbons (Fsp3) is 0.600. The van der Waals surface area contributed by atoms with Crippen molar-refractivity contribution in [3.63, 3.8) is 0 Å². The molecule has 144 valence electrons. The molecule has 1 atom stereocenters. The number of likely N-dealkylation sites (N-methyl/N-ethyl adjacent to an activating group) is 1. The van der Waals surface area contributed by atoms with Crippen LogP contribution >= 0.6 is 0 Å². The summed E-state index contributed by atoms with van der Waals surface area (Å²) >= 11 is 0. The normalized spacial score (nSPS) is 20.5. The van der Waals surface area contributed by atoms with E-state index >= 15 is 0 Å². The van der Waals surface area contributed by atoms with Crippen molar-refractivity contribution in [2.24, 2.45) is 0 Å². The van der Waals surface area contributed by atoms with Crippen LogP contribution in [0, 0.1) is 6.92 Å². The van der Waals surface area contributed by atoms with Crippen LogP contribution in [-0.2, 0) is 24.3 Å². The molecule has 7 nitrogen and oxygen atoms in total. The number of carbonyl (C=O) groups is 1. The Morgan fingerprint density at radius 2 is 2.19 bits per heavy atom. The van der Waals surface area contributed by atoms with E-state index < -0.39 is 0 Å². The van der Waals surface area contributed by atoms with Crippen molar-refractivity contribution in [3.8, 4) is 0 Å². The Labute approximate surface area is 160 Å². The number of fused-ring (bicyclic) bond motifs is 1. The summed E-state index contributed by atoms with van der Waals surface area (Å²) in [6, 6.07) is 1.97. The van der Waals surface area contributed by atoms with E-state index in [4.69, 9.17) is 4.98 Å². The molecule has 0 aliphatic carbocycles. The molecule has 0 saturated carbocycles. The van der Waals surface area contributed by atoms with Gasteiger partial charge in [-0.05, 0) is 39.3 Å². The van der Waals surface area contributed by atoms with Crippen molar-refractivity contribution in [2.75, 3.05) is 20.1 Å². The zero-order valence-corrected chi connectivity index (χ0v) is 16.3. The second-order valence-corrected chi connectivity index (χ2v) is 7.73. The van der Waals surface area contributed by atoms with Crippen LogP contribution < -0.4 is 0 Å². The molecule has 1 amide bonds. The van der Waals surface area contributed by atoms with E-state index in [1.54, 1.807) is 6.20 Å². The monoisotopic (exact) mass is 368 g/mol. The molecule has 2 aliphatic rings. The zero-order valence-electron chi connectivity index (χ0n) is 16.3. The Bertz CT molecular complexity index is 817. The first kappa shape index (κ1) is 18.1. The Morgan fingerprint density at radius 1 is 1.30 bits per heavy atom. The topological polar surface area (TPSA) is 67.2 Å². The minimum atomic E-state index is 0.00919.